The number of nitrogens with zero attached hydrogens (tertiary/aromatic N) is 4. The van der Waals surface area contributed by atoms with Crippen molar-refractivity contribution in [2.45, 2.75) is 31.7 Å². The number of nitro benzene ring substituents is 1. The fourth-order valence-corrected chi connectivity index (χ4v) is 2.57. The summed E-state index contributed by atoms with van der Waals surface area (Å²) in [5.41, 5.74) is 1.49. The van der Waals surface area contributed by atoms with Crippen LogP contribution in [0, 0.1) is 10.1 Å². The van der Waals surface area contributed by atoms with E-state index in [-0.39, 0.29) is 17.3 Å². The van der Waals surface area contributed by atoms with Gasteiger partial charge in [-0.25, -0.2) is 9.48 Å². The fraction of sp³-hybridized carbons (Fsp3) is 0.357. The van der Waals surface area contributed by atoms with E-state index in [1.165, 1.54) is 12.1 Å². The molecule has 0 amide bonds. The van der Waals surface area contributed by atoms with Crippen LogP contribution in [0.4, 0.5) is 5.69 Å². The molecule has 1 saturated carbocycles. The lowest BCUT2D eigenvalue weighted by molar-refractivity contribution is -0.384. The Labute approximate surface area is 125 Å². The van der Waals surface area contributed by atoms with Crippen molar-refractivity contribution < 1.29 is 14.8 Å². The maximum atomic E-state index is 11.3. The zero-order valence-corrected chi connectivity index (χ0v) is 11.7. The highest BCUT2D eigenvalue weighted by atomic mass is 16.6. The molecule has 0 aliphatic heterocycles. The third kappa shape index (κ3) is 2.54. The maximum Gasteiger partial charge on any atom is 0.358 e. The summed E-state index contributed by atoms with van der Waals surface area (Å²) in [4.78, 5) is 21.5. The molecule has 0 bridgehead atoms. The molecule has 1 heterocycles. The number of hydrogen-bond donors (Lipinski definition) is 1. The van der Waals surface area contributed by atoms with Gasteiger partial charge < -0.3 is 5.11 Å². The van der Waals surface area contributed by atoms with Gasteiger partial charge in [0.05, 0.1) is 17.2 Å². The molecular formula is C14H14N4O4. The molecule has 0 spiro atoms. The second-order valence-corrected chi connectivity index (χ2v) is 5.34. The molecule has 1 aromatic carbocycles. The van der Waals surface area contributed by atoms with Crippen molar-refractivity contribution in [1.29, 1.82) is 0 Å². The van der Waals surface area contributed by atoms with Crippen molar-refractivity contribution in [2.75, 3.05) is 0 Å². The maximum absolute atomic E-state index is 11.3. The van der Waals surface area contributed by atoms with Crippen LogP contribution in [0.5, 0.6) is 0 Å². The minimum absolute atomic E-state index is 0.00612. The van der Waals surface area contributed by atoms with E-state index in [0.29, 0.717) is 12.2 Å². The summed E-state index contributed by atoms with van der Waals surface area (Å²) in [6.45, 7) is 0.351. The number of nitro groups is 1. The van der Waals surface area contributed by atoms with Crippen molar-refractivity contribution in [2.24, 2.45) is 0 Å². The van der Waals surface area contributed by atoms with E-state index in [4.69, 9.17) is 0 Å². The molecule has 1 aromatic heterocycles. The minimum atomic E-state index is -1.07. The van der Waals surface area contributed by atoms with Gasteiger partial charge in [-0.05, 0) is 18.4 Å². The van der Waals surface area contributed by atoms with E-state index in [9.17, 15) is 20.0 Å². The Morgan fingerprint density at radius 1 is 1.36 bits per heavy atom. The third-order valence-corrected chi connectivity index (χ3v) is 3.95. The molecule has 8 nitrogen and oxygen atoms in total. The van der Waals surface area contributed by atoms with Gasteiger partial charge in [0.2, 0.25) is 0 Å². The number of rotatable bonds is 5. The topological polar surface area (TPSA) is 111 Å². The molecule has 1 fully saturated rings. The number of hydrogen-bond acceptors (Lipinski definition) is 5. The fourth-order valence-electron chi connectivity index (χ4n) is 2.57. The van der Waals surface area contributed by atoms with Crippen LogP contribution >= 0.6 is 0 Å². The summed E-state index contributed by atoms with van der Waals surface area (Å²) in [7, 11) is 0. The first-order valence-electron chi connectivity index (χ1n) is 6.96. The summed E-state index contributed by atoms with van der Waals surface area (Å²) in [6.07, 6.45) is 2.95. The number of benzene rings is 1. The smallest absolute Gasteiger partial charge is 0.358 e. The van der Waals surface area contributed by atoms with Crippen molar-refractivity contribution in [3.05, 3.63) is 51.3 Å². The monoisotopic (exact) mass is 302 g/mol. The average Bonchev–Trinajstić information content (AvgIpc) is 2.81. The van der Waals surface area contributed by atoms with Crippen LogP contribution in [0.15, 0.2) is 24.3 Å². The zero-order valence-electron chi connectivity index (χ0n) is 11.7. The first kappa shape index (κ1) is 14.2. The van der Waals surface area contributed by atoms with E-state index in [1.807, 2.05) is 0 Å². The number of carboxylic acid groups (broad SMARTS) is 1. The van der Waals surface area contributed by atoms with Crippen molar-refractivity contribution >= 4 is 11.7 Å². The second-order valence-electron chi connectivity index (χ2n) is 5.34. The number of non-ortho nitro benzene ring substituents is 1. The van der Waals surface area contributed by atoms with E-state index >= 15 is 0 Å². The van der Waals surface area contributed by atoms with Gasteiger partial charge in [-0.2, -0.15) is 0 Å². The highest BCUT2D eigenvalue weighted by molar-refractivity contribution is 5.86. The van der Waals surface area contributed by atoms with Gasteiger partial charge in [0.1, 0.15) is 0 Å². The first-order valence-corrected chi connectivity index (χ1v) is 6.96. The molecule has 114 valence electrons. The molecule has 2 aromatic rings. The van der Waals surface area contributed by atoms with Crippen molar-refractivity contribution in [3.63, 3.8) is 0 Å². The lowest BCUT2D eigenvalue weighted by Gasteiger charge is -2.26. The Morgan fingerprint density at radius 3 is 2.55 bits per heavy atom. The molecule has 0 radical (unpaired) electrons. The van der Waals surface area contributed by atoms with Crippen LogP contribution in [0.1, 0.15) is 46.9 Å². The predicted molar refractivity (Wildman–Crippen MR) is 75.8 cm³/mol. The molecule has 0 saturated heterocycles. The third-order valence-electron chi connectivity index (χ3n) is 3.95. The Morgan fingerprint density at radius 2 is 2.05 bits per heavy atom. The second kappa shape index (κ2) is 5.55. The lowest BCUT2D eigenvalue weighted by Crippen LogP contribution is -2.18. The quantitative estimate of drug-likeness (QED) is 0.669. The number of aromatic carboxylic acids is 1. The Bertz CT molecular complexity index is 719. The van der Waals surface area contributed by atoms with Crippen LogP contribution in [-0.2, 0) is 6.54 Å². The van der Waals surface area contributed by atoms with Crippen LogP contribution in [0.2, 0.25) is 0 Å². The molecule has 8 heteroatoms. The molecule has 1 N–H and O–H groups in total. The summed E-state index contributed by atoms with van der Waals surface area (Å²) in [5.74, 6) is -0.893. The summed E-state index contributed by atoms with van der Waals surface area (Å²) in [5, 5.41) is 27.6. The lowest BCUT2D eigenvalue weighted by atomic mass is 9.82. The van der Waals surface area contributed by atoms with Crippen molar-refractivity contribution in [3.8, 4) is 0 Å². The highest BCUT2D eigenvalue weighted by Gasteiger charge is 2.30. The molecule has 0 unspecified atom stereocenters. The normalized spacial score (nSPS) is 14.5. The SMILES string of the molecule is O=C(O)c1nnn(Cc2ccc([N+](=O)[O-])cc2)c1C1CCC1. The van der Waals surface area contributed by atoms with Gasteiger partial charge in [0, 0.05) is 18.1 Å². The van der Waals surface area contributed by atoms with Gasteiger partial charge >= 0.3 is 5.97 Å². The number of carboxylic acids is 1. The van der Waals surface area contributed by atoms with Crippen molar-refractivity contribution in [1.82, 2.24) is 15.0 Å². The largest absolute Gasteiger partial charge is 0.476 e. The Balaban J connectivity index is 1.88. The van der Waals surface area contributed by atoms with Crippen LogP contribution in [0.3, 0.4) is 0 Å². The Kier molecular flexibility index (Phi) is 3.58. The Hall–Kier alpha value is -2.77. The standard InChI is InChI=1S/C14H14N4O4/c19-14(20)12-13(10-2-1-3-10)17(16-15-12)8-9-4-6-11(7-5-9)18(21)22/h4-7,10H,1-3,8H2,(H,19,20). The summed E-state index contributed by atoms with van der Waals surface area (Å²) >= 11 is 0. The van der Waals surface area contributed by atoms with E-state index in [2.05, 4.69) is 10.3 Å². The summed E-state index contributed by atoms with van der Waals surface area (Å²) in [6, 6.07) is 6.14. The molecule has 22 heavy (non-hydrogen) atoms. The summed E-state index contributed by atoms with van der Waals surface area (Å²) < 4.78 is 1.59. The molecular weight excluding hydrogens is 288 g/mol. The van der Waals surface area contributed by atoms with Gasteiger partial charge in [-0.3, -0.25) is 10.1 Å². The number of aromatic nitrogens is 3. The van der Waals surface area contributed by atoms with Crippen LogP contribution in [0.25, 0.3) is 0 Å². The van der Waals surface area contributed by atoms with Crippen LogP contribution < -0.4 is 0 Å². The van der Waals surface area contributed by atoms with Gasteiger partial charge in [-0.1, -0.05) is 23.8 Å². The first-order chi connectivity index (χ1) is 10.6. The van der Waals surface area contributed by atoms with E-state index in [0.717, 1.165) is 24.8 Å². The van der Waals surface area contributed by atoms with Gasteiger partial charge in [0.15, 0.2) is 5.69 Å². The van der Waals surface area contributed by atoms with Gasteiger partial charge in [-0.15, -0.1) is 5.10 Å². The van der Waals surface area contributed by atoms with Crippen LogP contribution in [-0.4, -0.2) is 31.0 Å². The van der Waals surface area contributed by atoms with E-state index in [1.54, 1.807) is 16.8 Å². The van der Waals surface area contributed by atoms with Gasteiger partial charge in [0.25, 0.3) is 5.69 Å². The molecule has 3 rings (SSSR count). The highest BCUT2D eigenvalue weighted by Crippen LogP contribution is 2.37. The molecule has 1 aliphatic carbocycles. The minimum Gasteiger partial charge on any atom is -0.476 e. The molecule has 1 aliphatic rings. The predicted octanol–water partition coefficient (Wildman–Crippen LogP) is 2.20. The van der Waals surface area contributed by atoms with E-state index < -0.39 is 10.9 Å². The average molecular weight is 302 g/mol. The number of carbonyl (C=O) groups is 1. The molecule has 0 atom stereocenters. The zero-order chi connectivity index (χ0) is 15.7.